The first-order valence-corrected chi connectivity index (χ1v) is 9.85. The molecule has 2 aromatic carbocycles. The van der Waals surface area contributed by atoms with E-state index in [-0.39, 0.29) is 5.71 Å². The smallest absolute Gasteiger partial charge is 0.298 e. The molecule has 1 amide bonds. The van der Waals surface area contributed by atoms with Gasteiger partial charge in [-0.05, 0) is 25.1 Å². The number of nitro benzene ring substituents is 1. The fourth-order valence-electron chi connectivity index (χ4n) is 2.56. The molecule has 14 heteroatoms. The number of anilines is 1. The van der Waals surface area contributed by atoms with Crippen LogP contribution >= 0.6 is 11.6 Å². The molecule has 0 bridgehead atoms. The number of non-ortho nitro benzene ring substituents is 1. The number of hydrogen-bond donors (Lipinski definition) is 2. The highest BCUT2D eigenvalue weighted by molar-refractivity contribution is 7.86. The van der Waals surface area contributed by atoms with Crippen LogP contribution < -0.4 is 5.01 Å². The number of phenolic OH excluding ortho intramolecular Hbond substituents is 1. The normalized spacial score (nSPS) is 16.9. The summed E-state index contributed by atoms with van der Waals surface area (Å²) >= 11 is 5.91. The van der Waals surface area contributed by atoms with Crippen molar-refractivity contribution in [2.75, 3.05) is 5.01 Å². The minimum atomic E-state index is -4.99. The lowest BCUT2D eigenvalue weighted by Gasteiger charge is -2.12. The molecular weight excluding hydrogens is 442 g/mol. The molecule has 1 atom stereocenters. The number of amides is 1. The molecule has 156 valence electrons. The van der Waals surface area contributed by atoms with Crippen molar-refractivity contribution in [3.8, 4) is 5.75 Å². The first-order chi connectivity index (χ1) is 14.0. The largest absolute Gasteiger partial charge is 0.504 e. The molecule has 0 aliphatic carbocycles. The van der Waals surface area contributed by atoms with Crippen molar-refractivity contribution >= 4 is 50.4 Å². The Morgan fingerprint density at radius 2 is 2.00 bits per heavy atom. The highest BCUT2D eigenvalue weighted by atomic mass is 35.5. The van der Waals surface area contributed by atoms with Gasteiger partial charge in [0, 0.05) is 17.2 Å². The number of hydrogen-bond acceptors (Lipinski definition) is 9. The molecule has 0 saturated heterocycles. The molecule has 0 saturated carbocycles. The zero-order valence-electron chi connectivity index (χ0n) is 15.0. The Morgan fingerprint density at radius 1 is 1.30 bits per heavy atom. The summed E-state index contributed by atoms with van der Waals surface area (Å²) in [5.74, 6) is -1.67. The third-order valence-electron chi connectivity index (χ3n) is 3.96. The number of carbonyl (C=O) groups excluding carboxylic acids is 1. The summed E-state index contributed by atoms with van der Waals surface area (Å²) in [6, 6.07) is 6.30. The number of benzene rings is 2. The van der Waals surface area contributed by atoms with Gasteiger partial charge in [0.1, 0.15) is 10.6 Å². The van der Waals surface area contributed by atoms with Crippen LogP contribution in [0.2, 0.25) is 5.02 Å². The van der Waals surface area contributed by atoms with E-state index in [0.717, 1.165) is 11.1 Å². The molecule has 0 radical (unpaired) electrons. The number of hydrazone groups is 1. The number of azo groups is 1. The van der Waals surface area contributed by atoms with Crippen molar-refractivity contribution in [2.24, 2.45) is 15.3 Å². The van der Waals surface area contributed by atoms with Gasteiger partial charge in [-0.3, -0.25) is 19.5 Å². The molecular formula is C16H12ClN5O7S. The Kier molecular flexibility index (Phi) is 5.52. The molecule has 2 aromatic rings. The number of carbonyl (C=O) groups is 1. The highest BCUT2D eigenvalue weighted by Gasteiger charge is 2.35. The van der Waals surface area contributed by atoms with Gasteiger partial charge in [-0.1, -0.05) is 17.7 Å². The molecule has 0 aromatic heterocycles. The van der Waals surface area contributed by atoms with E-state index in [1.54, 1.807) is 18.2 Å². The standard InChI is InChI=1S/C16H12ClN5O7S/c1-8-14(16(24)21(20-8)10-4-2-3-9(17)5-10)19-18-12-6-11(22(25)26)7-13(15(12)23)30(27,28)29/h2-7,14,23H,1H3,(H,27,28,29). The van der Waals surface area contributed by atoms with Crippen molar-refractivity contribution in [3.05, 3.63) is 51.5 Å². The molecule has 2 N–H and O–H groups in total. The summed E-state index contributed by atoms with van der Waals surface area (Å²) in [7, 11) is -4.99. The Morgan fingerprint density at radius 3 is 2.60 bits per heavy atom. The number of phenols is 1. The maximum atomic E-state index is 12.6. The molecule has 1 aliphatic heterocycles. The van der Waals surface area contributed by atoms with Crippen LogP contribution in [0.1, 0.15) is 6.92 Å². The third kappa shape index (κ3) is 4.12. The van der Waals surface area contributed by atoms with Gasteiger partial charge in [-0.2, -0.15) is 28.8 Å². The fourth-order valence-corrected chi connectivity index (χ4v) is 3.36. The average molecular weight is 454 g/mol. The number of halogens is 1. The Labute approximate surface area is 174 Å². The summed E-state index contributed by atoms with van der Waals surface area (Å²) in [4.78, 5) is 21.6. The summed E-state index contributed by atoms with van der Waals surface area (Å²) < 4.78 is 31.9. The topological polar surface area (TPSA) is 175 Å². The third-order valence-corrected chi connectivity index (χ3v) is 5.06. The molecule has 1 aliphatic rings. The minimum Gasteiger partial charge on any atom is -0.504 e. The maximum absolute atomic E-state index is 12.6. The van der Waals surface area contributed by atoms with Gasteiger partial charge in [-0.15, -0.1) is 0 Å². The Hall–Kier alpha value is -3.42. The second-order valence-corrected chi connectivity index (χ2v) is 7.86. The quantitative estimate of drug-likeness (QED) is 0.302. The van der Waals surface area contributed by atoms with Crippen LogP contribution in [0.5, 0.6) is 5.75 Å². The SMILES string of the molecule is CC1=NN(c2cccc(Cl)c2)C(=O)C1N=Nc1cc([N+](=O)[O-])cc(S(=O)(=O)O)c1O. The molecule has 0 spiro atoms. The van der Waals surface area contributed by atoms with Crippen LogP contribution in [0.25, 0.3) is 0 Å². The minimum absolute atomic E-state index is 0.226. The number of nitrogens with zero attached hydrogens (tertiary/aromatic N) is 5. The molecule has 12 nitrogen and oxygen atoms in total. The van der Waals surface area contributed by atoms with Crippen molar-refractivity contribution in [3.63, 3.8) is 0 Å². The average Bonchev–Trinajstić information content (AvgIpc) is 2.93. The molecule has 1 unspecified atom stereocenters. The molecule has 3 rings (SSSR count). The summed E-state index contributed by atoms with van der Waals surface area (Å²) in [5, 5.41) is 33.9. The van der Waals surface area contributed by atoms with Crippen LogP contribution in [0, 0.1) is 10.1 Å². The van der Waals surface area contributed by atoms with Gasteiger partial charge >= 0.3 is 0 Å². The predicted molar refractivity (Wildman–Crippen MR) is 105 cm³/mol. The highest BCUT2D eigenvalue weighted by Crippen LogP contribution is 2.38. The van der Waals surface area contributed by atoms with E-state index < -0.39 is 49.0 Å². The fraction of sp³-hybridized carbons (Fsp3) is 0.125. The van der Waals surface area contributed by atoms with E-state index in [1.807, 2.05) is 0 Å². The van der Waals surface area contributed by atoms with E-state index in [9.17, 15) is 33.0 Å². The zero-order chi connectivity index (χ0) is 22.2. The molecule has 30 heavy (non-hydrogen) atoms. The van der Waals surface area contributed by atoms with Crippen LogP contribution in [0.4, 0.5) is 17.1 Å². The first-order valence-electron chi connectivity index (χ1n) is 8.03. The summed E-state index contributed by atoms with van der Waals surface area (Å²) in [5.41, 5.74) is -0.795. The first kappa shape index (κ1) is 21.3. The maximum Gasteiger partial charge on any atom is 0.298 e. The van der Waals surface area contributed by atoms with E-state index >= 15 is 0 Å². The summed E-state index contributed by atoms with van der Waals surface area (Å²) in [6.07, 6.45) is 0. The Bertz CT molecular complexity index is 1230. The van der Waals surface area contributed by atoms with Crippen molar-refractivity contribution in [2.45, 2.75) is 17.9 Å². The predicted octanol–water partition coefficient (Wildman–Crippen LogP) is 3.08. The van der Waals surface area contributed by atoms with Gasteiger partial charge in [0.25, 0.3) is 21.7 Å². The van der Waals surface area contributed by atoms with Gasteiger partial charge in [0.15, 0.2) is 11.8 Å². The van der Waals surface area contributed by atoms with E-state index in [4.69, 9.17) is 11.6 Å². The van der Waals surface area contributed by atoms with Crippen molar-refractivity contribution in [1.82, 2.24) is 0 Å². The van der Waals surface area contributed by atoms with E-state index in [0.29, 0.717) is 16.8 Å². The van der Waals surface area contributed by atoms with E-state index in [1.165, 1.54) is 13.0 Å². The molecule has 1 heterocycles. The summed E-state index contributed by atoms with van der Waals surface area (Å²) in [6.45, 7) is 1.49. The van der Waals surface area contributed by atoms with Crippen molar-refractivity contribution in [1.29, 1.82) is 0 Å². The van der Waals surface area contributed by atoms with Crippen LogP contribution in [0.15, 0.2) is 56.6 Å². The second kappa shape index (κ2) is 7.78. The number of aromatic hydroxyl groups is 1. The van der Waals surface area contributed by atoms with Gasteiger partial charge in [0.2, 0.25) is 0 Å². The van der Waals surface area contributed by atoms with Gasteiger partial charge < -0.3 is 5.11 Å². The molecule has 0 fully saturated rings. The van der Waals surface area contributed by atoms with Crippen LogP contribution in [-0.2, 0) is 14.9 Å². The van der Waals surface area contributed by atoms with E-state index in [2.05, 4.69) is 15.3 Å². The monoisotopic (exact) mass is 453 g/mol. The zero-order valence-corrected chi connectivity index (χ0v) is 16.6. The van der Waals surface area contributed by atoms with Gasteiger partial charge in [0.05, 0.1) is 16.3 Å². The van der Waals surface area contributed by atoms with Crippen LogP contribution in [-0.4, -0.2) is 40.7 Å². The van der Waals surface area contributed by atoms with Gasteiger partial charge in [-0.25, -0.2) is 0 Å². The second-order valence-electron chi connectivity index (χ2n) is 6.03. The van der Waals surface area contributed by atoms with Crippen molar-refractivity contribution < 1.29 is 27.8 Å². The van der Waals surface area contributed by atoms with Crippen LogP contribution in [0.3, 0.4) is 0 Å². The lowest BCUT2D eigenvalue weighted by atomic mass is 10.2. The number of rotatable bonds is 5. The lowest BCUT2D eigenvalue weighted by Crippen LogP contribution is -2.29. The Balaban J connectivity index is 1.98. The lowest BCUT2D eigenvalue weighted by molar-refractivity contribution is -0.385. The number of nitro groups is 1.